The number of rotatable bonds is 6. The van der Waals surface area contributed by atoms with Gasteiger partial charge in [0.1, 0.15) is 6.33 Å². The van der Waals surface area contributed by atoms with Gasteiger partial charge in [0.05, 0.1) is 12.7 Å². The topological polar surface area (TPSA) is 90.5 Å². The Morgan fingerprint density at radius 2 is 2.22 bits per heavy atom. The van der Waals surface area contributed by atoms with Crippen molar-refractivity contribution in [1.29, 1.82) is 0 Å². The molecule has 3 rings (SSSR count). The zero-order valence-electron chi connectivity index (χ0n) is 12.8. The van der Waals surface area contributed by atoms with E-state index in [0.717, 1.165) is 11.1 Å². The van der Waals surface area contributed by atoms with E-state index in [4.69, 9.17) is 0 Å². The molecule has 118 valence electrons. The molecule has 0 saturated carbocycles. The minimum Gasteiger partial charge on any atom is -0.293 e. The molecule has 0 aromatic carbocycles. The molecular weight excluding hydrogens is 294 g/mol. The monoisotopic (exact) mass is 311 g/mol. The summed E-state index contributed by atoms with van der Waals surface area (Å²) in [5.74, 6) is 0.160. The zero-order chi connectivity index (χ0) is 16.1. The van der Waals surface area contributed by atoms with Crippen LogP contribution in [0.15, 0.2) is 43.2 Å². The van der Waals surface area contributed by atoms with Crippen LogP contribution < -0.4 is 5.32 Å². The number of aromatic nitrogens is 6. The molecule has 0 aliphatic rings. The Balaban J connectivity index is 1.51. The average Bonchev–Trinajstić information content (AvgIpc) is 3.15. The molecule has 0 aliphatic carbocycles. The lowest BCUT2D eigenvalue weighted by Crippen LogP contribution is -2.16. The molecule has 0 bridgehead atoms. The second-order valence-electron chi connectivity index (χ2n) is 5.21. The molecular formula is C15H17N7O. The van der Waals surface area contributed by atoms with Gasteiger partial charge in [0.25, 0.3) is 0 Å². The SMILES string of the molecule is Cc1cnn(CCC(=O)Nc2ncn(Cc3cccnc3)n2)c1. The van der Waals surface area contributed by atoms with Gasteiger partial charge in [0.2, 0.25) is 11.9 Å². The van der Waals surface area contributed by atoms with Gasteiger partial charge in [-0.2, -0.15) is 5.10 Å². The average molecular weight is 311 g/mol. The summed E-state index contributed by atoms with van der Waals surface area (Å²) in [6.45, 7) is 3.04. The number of hydrogen-bond acceptors (Lipinski definition) is 5. The lowest BCUT2D eigenvalue weighted by molar-refractivity contribution is -0.116. The molecule has 8 heteroatoms. The fourth-order valence-corrected chi connectivity index (χ4v) is 2.10. The highest BCUT2D eigenvalue weighted by molar-refractivity contribution is 5.88. The molecule has 8 nitrogen and oxygen atoms in total. The summed E-state index contributed by atoms with van der Waals surface area (Å²) in [6.07, 6.45) is 9.05. The van der Waals surface area contributed by atoms with Gasteiger partial charge in [-0.05, 0) is 24.1 Å². The van der Waals surface area contributed by atoms with E-state index >= 15 is 0 Å². The molecule has 23 heavy (non-hydrogen) atoms. The minimum absolute atomic E-state index is 0.141. The number of hydrogen-bond donors (Lipinski definition) is 1. The van der Waals surface area contributed by atoms with Crippen molar-refractivity contribution in [2.75, 3.05) is 5.32 Å². The van der Waals surface area contributed by atoms with Crippen LogP contribution in [0.25, 0.3) is 0 Å². The summed E-state index contributed by atoms with van der Waals surface area (Å²) in [5, 5.41) is 11.1. The van der Waals surface area contributed by atoms with Gasteiger partial charge in [-0.15, -0.1) is 5.10 Å². The Labute approximate surface area is 133 Å². The van der Waals surface area contributed by atoms with E-state index in [-0.39, 0.29) is 5.91 Å². The largest absolute Gasteiger partial charge is 0.293 e. The zero-order valence-corrected chi connectivity index (χ0v) is 12.8. The Hall–Kier alpha value is -3.03. The van der Waals surface area contributed by atoms with Crippen molar-refractivity contribution in [1.82, 2.24) is 29.5 Å². The van der Waals surface area contributed by atoms with Gasteiger partial charge in [0, 0.05) is 31.6 Å². The maximum absolute atomic E-state index is 11.9. The summed E-state index contributed by atoms with van der Waals surface area (Å²) in [4.78, 5) is 20.0. The second kappa shape index (κ2) is 6.82. The van der Waals surface area contributed by atoms with Crippen LogP contribution >= 0.6 is 0 Å². The van der Waals surface area contributed by atoms with Crippen LogP contribution in [0.2, 0.25) is 0 Å². The number of carbonyl (C=O) groups excluding carboxylic acids is 1. The van der Waals surface area contributed by atoms with Crippen molar-refractivity contribution in [3.05, 3.63) is 54.4 Å². The van der Waals surface area contributed by atoms with Crippen LogP contribution in [-0.2, 0) is 17.9 Å². The molecule has 1 amide bonds. The second-order valence-corrected chi connectivity index (χ2v) is 5.21. The predicted molar refractivity (Wildman–Crippen MR) is 83.6 cm³/mol. The van der Waals surface area contributed by atoms with Crippen molar-refractivity contribution in [2.24, 2.45) is 0 Å². The number of nitrogens with one attached hydrogen (secondary N) is 1. The first-order chi connectivity index (χ1) is 11.2. The smallest absolute Gasteiger partial charge is 0.248 e. The number of amides is 1. The van der Waals surface area contributed by atoms with Crippen LogP contribution in [0.4, 0.5) is 5.95 Å². The van der Waals surface area contributed by atoms with Crippen LogP contribution in [-0.4, -0.2) is 35.4 Å². The molecule has 0 radical (unpaired) electrons. The lowest BCUT2D eigenvalue weighted by Gasteiger charge is -2.02. The van der Waals surface area contributed by atoms with E-state index in [1.807, 2.05) is 25.3 Å². The number of anilines is 1. The third-order valence-corrected chi connectivity index (χ3v) is 3.19. The molecule has 0 atom stereocenters. The highest BCUT2D eigenvalue weighted by Crippen LogP contribution is 2.03. The van der Waals surface area contributed by atoms with Crippen molar-refractivity contribution in [2.45, 2.75) is 26.4 Å². The van der Waals surface area contributed by atoms with Crippen molar-refractivity contribution in [3.63, 3.8) is 0 Å². The van der Waals surface area contributed by atoms with Gasteiger partial charge in [-0.1, -0.05) is 6.07 Å². The summed E-state index contributed by atoms with van der Waals surface area (Å²) in [6, 6.07) is 3.82. The van der Waals surface area contributed by atoms with Crippen LogP contribution in [0, 0.1) is 6.92 Å². The van der Waals surface area contributed by atoms with E-state index in [2.05, 4.69) is 25.5 Å². The molecule has 1 N–H and O–H groups in total. The molecule has 0 saturated heterocycles. The maximum atomic E-state index is 11.9. The molecule has 0 aliphatic heterocycles. The summed E-state index contributed by atoms with van der Waals surface area (Å²) in [5.41, 5.74) is 2.09. The third kappa shape index (κ3) is 4.22. The molecule has 3 aromatic heterocycles. The van der Waals surface area contributed by atoms with Gasteiger partial charge in [-0.25, -0.2) is 9.67 Å². The van der Waals surface area contributed by atoms with E-state index < -0.39 is 0 Å². The highest BCUT2D eigenvalue weighted by atomic mass is 16.1. The first-order valence-corrected chi connectivity index (χ1v) is 7.26. The number of carbonyl (C=O) groups is 1. The van der Waals surface area contributed by atoms with Crippen molar-refractivity contribution >= 4 is 11.9 Å². The minimum atomic E-state index is -0.141. The van der Waals surface area contributed by atoms with Crippen LogP contribution in [0.5, 0.6) is 0 Å². The van der Waals surface area contributed by atoms with Crippen molar-refractivity contribution < 1.29 is 4.79 Å². The fraction of sp³-hybridized carbons (Fsp3) is 0.267. The highest BCUT2D eigenvalue weighted by Gasteiger charge is 2.07. The Kier molecular flexibility index (Phi) is 4.41. The first-order valence-electron chi connectivity index (χ1n) is 7.26. The molecule has 3 heterocycles. The Morgan fingerprint density at radius 3 is 2.96 bits per heavy atom. The van der Waals surface area contributed by atoms with E-state index in [0.29, 0.717) is 25.5 Å². The Morgan fingerprint density at radius 1 is 1.30 bits per heavy atom. The van der Waals surface area contributed by atoms with E-state index in [1.165, 1.54) is 0 Å². The third-order valence-electron chi connectivity index (χ3n) is 3.19. The quantitative estimate of drug-likeness (QED) is 0.740. The van der Waals surface area contributed by atoms with Crippen LogP contribution in [0.3, 0.4) is 0 Å². The first kappa shape index (κ1) is 14.9. The predicted octanol–water partition coefficient (Wildman–Crippen LogP) is 1.26. The van der Waals surface area contributed by atoms with E-state index in [1.54, 1.807) is 34.3 Å². The summed E-state index contributed by atoms with van der Waals surface area (Å²) >= 11 is 0. The van der Waals surface area contributed by atoms with Gasteiger partial charge in [-0.3, -0.25) is 19.8 Å². The van der Waals surface area contributed by atoms with Gasteiger partial charge >= 0.3 is 0 Å². The van der Waals surface area contributed by atoms with Crippen molar-refractivity contribution in [3.8, 4) is 0 Å². The standard InChI is InChI=1S/C15H17N7O/c1-12-7-18-21(9-12)6-4-14(23)19-15-17-11-22(20-15)10-13-3-2-5-16-8-13/h2-3,5,7-9,11H,4,6,10H2,1H3,(H,19,20,23). The van der Waals surface area contributed by atoms with Gasteiger partial charge in [0.15, 0.2) is 0 Å². The molecule has 0 unspecified atom stereocenters. The fourth-order valence-electron chi connectivity index (χ4n) is 2.10. The van der Waals surface area contributed by atoms with E-state index in [9.17, 15) is 4.79 Å². The molecule has 0 spiro atoms. The Bertz CT molecular complexity index is 778. The number of aryl methyl sites for hydroxylation is 2. The van der Waals surface area contributed by atoms with Crippen LogP contribution in [0.1, 0.15) is 17.5 Å². The summed E-state index contributed by atoms with van der Waals surface area (Å²) in [7, 11) is 0. The molecule has 3 aromatic rings. The molecule has 0 fully saturated rings. The summed E-state index contributed by atoms with van der Waals surface area (Å²) < 4.78 is 3.40. The number of nitrogens with zero attached hydrogens (tertiary/aromatic N) is 6. The maximum Gasteiger partial charge on any atom is 0.248 e. The number of pyridine rings is 1. The lowest BCUT2D eigenvalue weighted by atomic mass is 10.3. The normalized spacial score (nSPS) is 10.7. The van der Waals surface area contributed by atoms with Gasteiger partial charge < -0.3 is 0 Å².